The van der Waals surface area contributed by atoms with E-state index in [2.05, 4.69) is 67.2 Å². The first-order chi connectivity index (χ1) is 22.4. The van der Waals surface area contributed by atoms with E-state index in [1.165, 1.54) is 30.1 Å². The monoisotopic (exact) mass is 660 g/mol. The molecule has 3 unspecified atom stereocenters. The predicted octanol–water partition coefficient (Wildman–Crippen LogP) is 8.97. The van der Waals surface area contributed by atoms with Crippen molar-refractivity contribution in [2.75, 3.05) is 6.61 Å². The lowest BCUT2D eigenvalue weighted by Gasteiger charge is -2.61. The number of hydrogen-bond acceptors (Lipinski definition) is 6. The first-order valence-corrected chi connectivity index (χ1v) is 18.0. The van der Waals surface area contributed by atoms with Gasteiger partial charge in [0.2, 0.25) is 0 Å². The maximum atomic E-state index is 13.6. The Kier molecular flexibility index (Phi) is 11.4. The van der Waals surface area contributed by atoms with Gasteiger partial charge in [0.05, 0.1) is 6.10 Å². The molecule has 0 heterocycles. The van der Waals surface area contributed by atoms with E-state index in [0.29, 0.717) is 18.4 Å². The molecule has 0 amide bonds. The van der Waals surface area contributed by atoms with E-state index in [4.69, 9.17) is 9.47 Å². The van der Waals surface area contributed by atoms with Gasteiger partial charge in [0.25, 0.3) is 0 Å². The Bertz CT molecular complexity index is 1440. The Morgan fingerprint density at radius 3 is 2.40 bits per heavy atom. The number of aliphatic hydroxyl groups excluding tert-OH is 1. The van der Waals surface area contributed by atoms with Crippen LogP contribution in [0.5, 0.6) is 0 Å². The predicted molar refractivity (Wildman–Crippen MR) is 192 cm³/mol. The number of rotatable bonds is 9. The van der Waals surface area contributed by atoms with Gasteiger partial charge in [-0.25, -0.2) is 9.59 Å². The molecule has 0 saturated heterocycles. The van der Waals surface area contributed by atoms with Crippen molar-refractivity contribution in [3.8, 4) is 0 Å². The lowest BCUT2D eigenvalue weighted by molar-refractivity contribution is -0.208. The van der Waals surface area contributed by atoms with Crippen LogP contribution >= 0.6 is 0 Å². The van der Waals surface area contributed by atoms with Crippen LogP contribution in [0.3, 0.4) is 0 Å². The second-order valence-electron chi connectivity index (χ2n) is 16.6. The zero-order valence-electron chi connectivity index (χ0n) is 31.0. The smallest absolute Gasteiger partial charge is 0.344 e. The van der Waals surface area contributed by atoms with Crippen LogP contribution in [-0.2, 0) is 23.9 Å². The minimum absolute atomic E-state index is 0.0998. The second-order valence-corrected chi connectivity index (χ2v) is 16.6. The van der Waals surface area contributed by atoms with Crippen molar-refractivity contribution in [1.29, 1.82) is 0 Å². The van der Waals surface area contributed by atoms with Gasteiger partial charge in [-0.3, -0.25) is 4.79 Å². The van der Waals surface area contributed by atoms with Gasteiger partial charge >= 0.3 is 11.9 Å². The molecule has 4 aliphatic rings. The molecule has 6 heteroatoms. The third-order valence-electron chi connectivity index (χ3n) is 13.0. The molecule has 0 spiro atoms. The summed E-state index contributed by atoms with van der Waals surface area (Å²) in [5.74, 6) is -1.36. The Morgan fingerprint density at radius 1 is 1.02 bits per heavy atom. The Morgan fingerprint density at radius 2 is 1.73 bits per heavy atom. The van der Waals surface area contributed by atoms with Crippen molar-refractivity contribution in [1.82, 2.24) is 0 Å². The topological polar surface area (TPSA) is 89.9 Å². The standard InChI is InChI=1S/C42H60O6/c1-11-40(9)25-34(41(10)30(5)19-22-42(31(6)38(40)46)23-20-33(43)37(41)42)48-36(45)26-47-35(44)24-28(3)15-12-14-27(2)17-18-32-29(4)16-13-21-39(32,7)8/h11-12,14-15,17-18,24,30-31,34,37-38,46H,1,13,16,19-23,25-26H2,2-10H3/b15-12+,18-17+,27-14+,28-24+/t30?,31-,34+,37-,38-,40+,41?,42?/m0/s1. The van der Waals surface area contributed by atoms with Crippen LogP contribution < -0.4 is 0 Å². The van der Waals surface area contributed by atoms with E-state index in [9.17, 15) is 19.5 Å². The van der Waals surface area contributed by atoms with Gasteiger partial charge in [-0.15, -0.1) is 6.58 Å². The molecule has 2 bridgehead atoms. The van der Waals surface area contributed by atoms with Crippen LogP contribution in [0, 0.1) is 39.4 Å². The average molecular weight is 661 g/mol. The van der Waals surface area contributed by atoms with Gasteiger partial charge in [0.15, 0.2) is 6.61 Å². The highest BCUT2D eigenvalue weighted by Crippen LogP contribution is 2.68. The zero-order chi connectivity index (χ0) is 35.7. The molecule has 4 rings (SSSR count). The fourth-order valence-corrected chi connectivity index (χ4v) is 9.73. The van der Waals surface area contributed by atoms with Crippen LogP contribution in [-0.4, -0.2) is 41.6 Å². The molecule has 3 fully saturated rings. The average Bonchev–Trinajstić information content (AvgIpc) is 3.37. The van der Waals surface area contributed by atoms with Crippen molar-refractivity contribution in [3.63, 3.8) is 0 Å². The first-order valence-electron chi connectivity index (χ1n) is 18.0. The van der Waals surface area contributed by atoms with Crippen LogP contribution in [0.15, 0.2) is 71.4 Å². The summed E-state index contributed by atoms with van der Waals surface area (Å²) in [6.45, 7) is 22.5. The number of allylic oxidation sites excluding steroid dienone is 9. The molecule has 0 aromatic heterocycles. The quantitative estimate of drug-likeness (QED) is 0.115. The lowest BCUT2D eigenvalue weighted by Crippen LogP contribution is -2.63. The van der Waals surface area contributed by atoms with Gasteiger partial charge < -0.3 is 14.6 Å². The number of ketones is 1. The van der Waals surface area contributed by atoms with Gasteiger partial charge in [0.1, 0.15) is 11.9 Å². The van der Waals surface area contributed by atoms with Crippen molar-refractivity contribution >= 4 is 17.7 Å². The molecule has 0 aliphatic heterocycles. The van der Waals surface area contributed by atoms with Crippen LogP contribution in [0.4, 0.5) is 0 Å². The normalized spacial score (nSPS) is 37.3. The van der Waals surface area contributed by atoms with Gasteiger partial charge in [-0.05, 0) is 99.5 Å². The summed E-state index contributed by atoms with van der Waals surface area (Å²) in [6, 6.07) is 0. The van der Waals surface area contributed by atoms with Gasteiger partial charge in [-0.1, -0.05) is 89.1 Å². The highest BCUT2D eigenvalue weighted by atomic mass is 16.6. The van der Waals surface area contributed by atoms with E-state index in [1.54, 1.807) is 13.0 Å². The second kappa shape index (κ2) is 14.5. The van der Waals surface area contributed by atoms with Crippen LogP contribution in [0.1, 0.15) is 114 Å². The SMILES string of the molecule is C=C[C@]1(C)C[C@@H](OC(=O)COC(=O)/C=C(C)/C=C/C=C(C)/C=C/C2=C(C)CCCC2(C)C)C2(C)C(C)CCC3(CCC(=O)[C@H]32)[C@@H](C)[C@@H]1O. The van der Waals surface area contributed by atoms with E-state index in [-0.39, 0.29) is 34.4 Å². The molecule has 4 aliphatic carbocycles. The number of Topliss-reactive ketones (excluding diaryl/α,β-unsaturated/α-hetero) is 1. The molecular formula is C42H60O6. The number of carbonyl (C=O) groups excluding carboxylic acids is 3. The molecule has 264 valence electrons. The summed E-state index contributed by atoms with van der Waals surface area (Å²) >= 11 is 0. The third kappa shape index (κ3) is 7.29. The molecule has 48 heavy (non-hydrogen) atoms. The summed E-state index contributed by atoms with van der Waals surface area (Å²) in [5.41, 5.74) is 3.18. The fraction of sp³-hybridized carbons (Fsp3) is 0.643. The largest absolute Gasteiger partial charge is 0.459 e. The zero-order valence-corrected chi connectivity index (χ0v) is 31.0. The highest BCUT2D eigenvalue weighted by molar-refractivity contribution is 5.86. The first kappa shape index (κ1) is 37.8. The minimum Gasteiger partial charge on any atom is -0.459 e. The molecule has 1 N–H and O–H groups in total. The highest BCUT2D eigenvalue weighted by Gasteiger charge is 2.68. The lowest BCUT2D eigenvalue weighted by atomic mass is 9.44. The number of hydrogen-bond donors (Lipinski definition) is 1. The van der Waals surface area contributed by atoms with Crippen molar-refractivity contribution in [2.45, 2.75) is 126 Å². The van der Waals surface area contributed by atoms with Crippen molar-refractivity contribution in [2.24, 2.45) is 39.4 Å². The molecular weight excluding hydrogens is 600 g/mol. The number of carbonyl (C=O) groups is 3. The Hall–Kier alpha value is -2.99. The van der Waals surface area contributed by atoms with Crippen molar-refractivity contribution in [3.05, 3.63) is 71.4 Å². The maximum absolute atomic E-state index is 13.6. The summed E-state index contributed by atoms with van der Waals surface area (Å²) in [4.78, 5) is 39.5. The Labute approximate surface area is 289 Å². The molecule has 3 saturated carbocycles. The number of esters is 2. The third-order valence-corrected chi connectivity index (χ3v) is 13.0. The molecule has 0 radical (unpaired) electrons. The molecule has 8 atom stereocenters. The molecule has 0 aromatic rings. The summed E-state index contributed by atoms with van der Waals surface area (Å²) in [6.07, 6.45) is 18.8. The van der Waals surface area contributed by atoms with Crippen LogP contribution in [0.25, 0.3) is 0 Å². The van der Waals surface area contributed by atoms with E-state index < -0.39 is 41.6 Å². The number of ether oxygens (including phenoxy) is 2. The fourth-order valence-electron chi connectivity index (χ4n) is 9.73. The maximum Gasteiger partial charge on any atom is 0.344 e. The van der Waals surface area contributed by atoms with Crippen LogP contribution in [0.2, 0.25) is 0 Å². The summed E-state index contributed by atoms with van der Waals surface area (Å²) in [7, 11) is 0. The van der Waals surface area contributed by atoms with E-state index in [0.717, 1.165) is 31.3 Å². The van der Waals surface area contributed by atoms with E-state index in [1.807, 2.05) is 25.2 Å². The van der Waals surface area contributed by atoms with E-state index >= 15 is 0 Å². The van der Waals surface area contributed by atoms with Gasteiger partial charge in [0, 0.05) is 29.2 Å². The number of aliphatic hydroxyl groups is 1. The summed E-state index contributed by atoms with van der Waals surface area (Å²) in [5, 5.41) is 11.7. The Balaban J connectivity index is 1.42. The van der Waals surface area contributed by atoms with Gasteiger partial charge in [-0.2, -0.15) is 0 Å². The molecule has 6 nitrogen and oxygen atoms in total. The van der Waals surface area contributed by atoms with Crippen molar-refractivity contribution < 1.29 is 29.0 Å². The summed E-state index contributed by atoms with van der Waals surface area (Å²) < 4.78 is 11.5. The molecule has 0 aromatic carbocycles. The minimum atomic E-state index is -0.734.